The van der Waals surface area contributed by atoms with Crippen LogP contribution in [0.2, 0.25) is 0 Å². The van der Waals surface area contributed by atoms with Gasteiger partial charge < -0.3 is 5.32 Å². The van der Waals surface area contributed by atoms with Crippen molar-refractivity contribution < 1.29 is 4.79 Å². The summed E-state index contributed by atoms with van der Waals surface area (Å²) >= 11 is 1.45. The molecule has 2 amide bonds. The molecule has 0 unspecified atom stereocenters. The number of hydrogen-bond acceptors (Lipinski definition) is 5. The second-order valence-corrected chi connectivity index (χ2v) is 6.92. The molecule has 0 spiro atoms. The Morgan fingerprint density at radius 2 is 2.13 bits per heavy atom. The third kappa shape index (κ3) is 3.95. The van der Waals surface area contributed by atoms with Gasteiger partial charge in [0.05, 0.1) is 6.04 Å². The Morgan fingerprint density at radius 3 is 2.78 bits per heavy atom. The Hall–Kier alpha value is -2.22. The monoisotopic (exact) mass is 333 g/mol. The third-order valence-corrected chi connectivity index (χ3v) is 4.79. The van der Waals surface area contributed by atoms with Crippen LogP contribution in [0.4, 0.5) is 9.93 Å². The fourth-order valence-corrected chi connectivity index (χ4v) is 3.50. The average Bonchev–Trinajstić information content (AvgIpc) is 2.93. The van der Waals surface area contributed by atoms with Crippen molar-refractivity contribution >= 4 is 22.5 Å². The highest BCUT2D eigenvalue weighted by Gasteiger charge is 2.24. The summed E-state index contributed by atoms with van der Waals surface area (Å²) in [5.41, 5.74) is -0.0687. The van der Waals surface area contributed by atoms with Crippen LogP contribution in [0.25, 0.3) is 0 Å². The van der Waals surface area contributed by atoms with Crippen LogP contribution < -0.4 is 16.2 Å². The van der Waals surface area contributed by atoms with Gasteiger partial charge in [-0.15, -0.1) is 11.3 Å². The highest BCUT2D eigenvalue weighted by atomic mass is 32.1. The Morgan fingerprint density at radius 1 is 1.35 bits per heavy atom. The molecule has 2 N–H and O–H groups in total. The van der Waals surface area contributed by atoms with Gasteiger partial charge in [-0.25, -0.2) is 14.5 Å². The second-order valence-electron chi connectivity index (χ2n) is 5.69. The quantitative estimate of drug-likeness (QED) is 0.902. The number of thiazole rings is 1. The molecule has 23 heavy (non-hydrogen) atoms. The number of carbonyl (C=O) groups excluding carboxylic acids is 1. The van der Waals surface area contributed by atoms with E-state index >= 15 is 0 Å². The normalized spacial score (nSPS) is 20.9. The van der Waals surface area contributed by atoms with E-state index in [0.717, 1.165) is 30.6 Å². The van der Waals surface area contributed by atoms with E-state index < -0.39 is 0 Å². The minimum absolute atomic E-state index is 0.0687. The van der Waals surface area contributed by atoms with E-state index in [1.54, 1.807) is 23.1 Å². The van der Waals surface area contributed by atoms with Crippen molar-refractivity contribution in [1.82, 2.24) is 20.1 Å². The molecular formula is C15H19N5O2S. The molecule has 0 bridgehead atoms. The fourth-order valence-electron chi connectivity index (χ4n) is 2.84. The summed E-state index contributed by atoms with van der Waals surface area (Å²) in [6.07, 6.45) is 6.69. The van der Waals surface area contributed by atoms with Crippen LogP contribution in [0.15, 0.2) is 29.3 Å². The van der Waals surface area contributed by atoms with Crippen molar-refractivity contribution in [2.75, 3.05) is 5.32 Å². The first-order valence-electron chi connectivity index (χ1n) is 7.65. The molecule has 2 aromatic rings. The molecule has 1 fully saturated rings. The van der Waals surface area contributed by atoms with Gasteiger partial charge in [-0.1, -0.05) is 0 Å². The van der Waals surface area contributed by atoms with Gasteiger partial charge in [-0.3, -0.25) is 10.1 Å². The van der Waals surface area contributed by atoms with Crippen molar-refractivity contribution in [3.05, 3.63) is 39.8 Å². The zero-order chi connectivity index (χ0) is 16.2. The predicted octanol–water partition coefficient (Wildman–Crippen LogP) is 2.31. The highest BCUT2D eigenvalue weighted by molar-refractivity contribution is 7.15. The van der Waals surface area contributed by atoms with E-state index in [9.17, 15) is 9.59 Å². The number of urea groups is 1. The number of aryl methyl sites for hydroxylation is 1. The van der Waals surface area contributed by atoms with E-state index in [0.29, 0.717) is 5.13 Å². The van der Waals surface area contributed by atoms with E-state index in [1.165, 1.54) is 17.4 Å². The number of nitrogens with one attached hydrogen (secondary N) is 2. The summed E-state index contributed by atoms with van der Waals surface area (Å²) in [7, 11) is 0. The molecule has 0 aromatic carbocycles. The average molecular weight is 333 g/mol. The number of rotatable bonds is 3. The molecule has 1 aliphatic rings. The van der Waals surface area contributed by atoms with Gasteiger partial charge >= 0.3 is 6.03 Å². The second kappa shape index (κ2) is 6.91. The van der Waals surface area contributed by atoms with Gasteiger partial charge in [0.1, 0.15) is 0 Å². The van der Waals surface area contributed by atoms with Gasteiger partial charge in [0, 0.05) is 29.4 Å². The van der Waals surface area contributed by atoms with Crippen LogP contribution in [0.5, 0.6) is 0 Å². The van der Waals surface area contributed by atoms with Crippen molar-refractivity contribution in [2.24, 2.45) is 0 Å². The zero-order valence-corrected chi connectivity index (χ0v) is 13.7. The molecule has 2 heterocycles. The molecular weight excluding hydrogens is 314 g/mol. The maximum Gasteiger partial charge on any atom is 0.321 e. The predicted molar refractivity (Wildman–Crippen MR) is 88.8 cm³/mol. The first-order chi connectivity index (χ1) is 11.1. The summed E-state index contributed by atoms with van der Waals surface area (Å²) in [6.45, 7) is 1.95. The van der Waals surface area contributed by atoms with Crippen LogP contribution >= 0.6 is 11.3 Å². The highest BCUT2D eigenvalue weighted by Crippen LogP contribution is 2.27. The number of carbonyl (C=O) groups is 1. The van der Waals surface area contributed by atoms with E-state index in [-0.39, 0.29) is 23.7 Å². The standard InChI is InChI=1S/C15H19N5O2S/c1-10-9-16-15(23-10)19-14(22)18-11-4-6-12(7-5-11)20-13(21)3-2-8-17-20/h2-3,8-9,11-12H,4-7H2,1H3,(H2,16,18,19,22). The molecule has 7 nitrogen and oxygen atoms in total. The van der Waals surface area contributed by atoms with Gasteiger partial charge in [-0.2, -0.15) is 5.10 Å². The van der Waals surface area contributed by atoms with Gasteiger partial charge in [0.25, 0.3) is 5.56 Å². The summed E-state index contributed by atoms with van der Waals surface area (Å²) in [6, 6.07) is 3.19. The Balaban J connectivity index is 1.50. The lowest BCUT2D eigenvalue weighted by atomic mass is 9.91. The number of anilines is 1. The van der Waals surface area contributed by atoms with Crippen LogP contribution in [-0.2, 0) is 0 Å². The number of amides is 2. The van der Waals surface area contributed by atoms with Gasteiger partial charge in [0.15, 0.2) is 5.13 Å². The molecule has 3 rings (SSSR count). The maximum absolute atomic E-state index is 12.0. The van der Waals surface area contributed by atoms with Crippen molar-refractivity contribution in [3.63, 3.8) is 0 Å². The van der Waals surface area contributed by atoms with E-state index in [1.807, 2.05) is 6.92 Å². The van der Waals surface area contributed by atoms with Crippen LogP contribution in [-0.4, -0.2) is 26.8 Å². The summed E-state index contributed by atoms with van der Waals surface area (Å²) in [5, 5.41) is 10.5. The van der Waals surface area contributed by atoms with Crippen LogP contribution in [0.1, 0.15) is 36.6 Å². The molecule has 1 aliphatic carbocycles. The van der Waals surface area contributed by atoms with E-state index in [4.69, 9.17) is 0 Å². The Labute approximate surface area is 137 Å². The molecule has 122 valence electrons. The smallest absolute Gasteiger partial charge is 0.321 e. The Bertz CT molecular complexity index is 733. The number of nitrogens with zero attached hydrogens (tertiary/aromatic N) is 3. The molecule has 0 saturated heterocycles. The van der Waals surface area contributed by atoms with Crippen LogP contribution in [0, 0.1) is 6.92 Å². The largest absolute Gasteiger partial charge is 0.335 e. The molecule has 8 heteroatoms. The zero-order valence-electron chi connectivity index (χ0n) is 12.9. The SMILES string of the molecule is Cc1cnc(NC(=O)NC2CCC(n3ncccc3=O)CC2)s1. The molecule has 1 saturated carbocycles. The molecule has 2 aromatic heterocycles. The Kier molecular flexibility index (Phi) is 4.71. The molecule has 0 atom stereocenters. The van der Waals surface area contributed by atoms with Gasteiger partial charge in [-0.05, 0) is 38.7 Å². The van der Waals surface area contributed by atoms with Crippen molar-refractivity contribution in [3.8, 4) is 0 Å². The lowest BCUT2D eigenvalue weighted by Crippen LogP contribution is -2.41. The van der Waals surface area contributed by atoms with Crippen molar-refractivity contribution in [2.45, 2.75) is 44.7 Å². The van der Waals surface area contributed by atoms with Crippen LogP contribution in [0.3, 0.4) is 0 Å². The topological polar surface area (TPSA) is 88.9 Å². The molecule has 0 radical (unpaired) electrons. The number of aromatic nitrogens is 3. The first kappa shape index (κ1) is 15.7. The first-order valence-corrected chi connectivity index (χ1v) is 8.47. The lowest BCUT2D eigenvalue weighted by Gasteiger charge is -2.29. The van der Waals surface area contributed by atoms with E-state index in [2.05, 4.69) is 20.7 Å². The number of hydrogen-bond donors (Lipinski definition) is 2. The molecule has 0 aliphatic heterocycles. The fraction of sp³-hybridized carbons (Fsp3) is 0.467. The maximum atomic E-state index is 12.0. The van der Waals surface area contributed by atoms with Crippen molar-refractivity contribution in [1.29, 1.82) is 0 Å². The summed E-state index contributed by atoms with van der Waals surface area (Å²) in [4.78, 5) is 28.9. The minimum Gasteiger partial charge on any atom is -0.335 e. The lowest BCUT2D eigenvalue weighted by molar-refractivity contribution is 0.234. The summed E-state index contributed by atoms with van der Waals surface area (Å²) in [5.74, 6) is 0. The minimum atomic E-state index is -0.224. The summed E-state index contributed by atoms with van der Waals surface area (Å²) < 4.78 is 1.55. The third-order valence-electron chi connectivity index (χ3n) is 3.96. The van der Waals surface area contributed by atoms with Gasteiger partial charge in [0.2, 0.25) is 0 Å².